The number of fused-ring (bicyclic) bond motifs is 1. The van der Waals surface area contributed by atoms with E-state index in [1.165, 1.54) is 0 Å². The number of methoxy groups -OCH3 is 1. The lowest BCUT2D eigenvalue weighted by Crippen LogP contribution is -2.34. The Kier molecular flexibility index (Phi) is 5.83. The molecule has 1 aliphatic heterocycles. The first-order chi connectivity index (χ1) is 16.7. The van der Waals surface area contributed by atoms with Crippen molar-refractivity contribution in [3.63, 3.8) is 0 Å². The number of ether oxygens (including phenoxy) is 1. The van der Waals surface area contributed by atoms with Crippen LogP contribution in [0, 0.1) is 0 Å². The third-order valence-corrected chi connectivity index (χ3v) is 6.05. The largest absolute Gasteiger partial charge is 0.496 e. The minimum Gasteiger partial charge on any atom is -0.496 e. The smallest absolute Gasteiger partial charge is 0.344 e. The molecule has 0 aromatic heterocycles. The van der Waals surface area contributed by atoms with Crippen molar-refractivity contribution < 1.29 is 19.2 Å². The Balaban J connectivity index is 1.52. The minimum absolute atomic E-state index is 0.334. The maximum atomic E-state index is 13.7. The predicted molar refractivity (Wildman–Crippen MR) is 130 cm³/mol. The number of carbonyl (C=O) groups excluding carboxylic acids is 2. The van der Waals surface area contributed by atoms with Crippen LogP contribution in [0.2, 0.25) is 0 Å². The lowest BCUT2D eigenvalue weighted by Gasteiger charge is -2.22. The first kappa shape index (κ1) is 21.5. The molecule has 0 aliphatic carbocycles. The summed E-state index contributed by atoms with van der Waals surface area (Å²) in [5.41, 5.74) is 3.63. The van der Waals surface area contributed by atoms with Crippen LogP contribution in [0.15, 0.2) is 109 Å². The molecule has 4 aromatic carbocycles. The van der Waals surface area contributed by atoms with Gasteiger partial charge in [0.2, 0.25) is 0 Å². The second-order valence-electron chi connectivity index (χ2n) is 8.03. The molecular formula is C29H23NO4. The number of amides is 1. The molecular weight excluding hydrogens is 426 g/mol. The molecule has 5 heteroatoms. The average molecular weight is 450 g/mol. The zero-order valence-electron chi connectivity index (χ0n) is 18.6. The van der Waals surface area contributed by atoms with E-state index in [-0.39, 0.29) is 5.91 Å². The first-order valence-electron chi connectivity index (χ1n) is 11.1. The van der Waals surface area contributed by atoms with Gasteiger partial charge in [0, 0.05) is 5.56 Å². The summed E-state index contributed by atoms with van der Waals surface area (Å²) in [6, 6.07) is 33.6. The normalized spacial score (nSPS) is 14.7. The fraction of sp³-hybridized carbons (Fsp3) is 0.103. The molecule has 0 radical (unpaired) electrons. The van der Waals surface area contributed by atoms with Gasteiger partial charge >= 0.3 is 5.97 Å². The van der Waals surface area contributed by atoms with Crippen LogP contribution in [0.5, 0.6) is 5.75 Å². The van der Waals surface area contributed by atoms with Gasteiger partial charge in [-0.25, -0.2) is 4.79 Å². The SMILES string of the molecule is COc1ccccc1[C@@H]1C(=O)N(OC(=O)C(c2ccccc2)c2ccccc2)c2ccccc21. The summed E-state index contributed by atoms with van der Waals surface area (Å²) in [6.07, 6.45) is 0. The second-order valence-corrected chi connectivity index (χ2v) is 8.03. The quantitative estimate of drug-likeness (QED) is 0.392. The molecule has 0 N–H and O–H groups in total. The summed E-state index contributed by atoms with van der Waals surface area (Å²) < 4.78 is 5.51. The van der Waals surface area contributed by atoms with Crippen LogP contribution in [0.4, 0.5) is 5.69 Å². The molecule has 4 aromatic rings. The minimum atomic E-state index is -0.673. The molecule has 1 heterocycles. The number of hydrogen-bond donors (Lipinski definition) is 0. The molecule has 0 fully saturated rings. The molecule has 1 aliphatic rings. The van der Waals surface area contributed by atoms with E-state index in [1.807, 2.05) is 103 Å². The number of benzene rings is 4. The maximum Gasteiger partial charge on any atom is 0.344 e. The van der Waals surface area contributed by atoms with Gasteiger partial charge in [0.25, 0.3) is 5.91 Å². The molecule has 0 spiro atoms. The molecule has 0 saturated heterocycles. The Morgan fingerprint density at radius 2 is 1.26 bits per heavy atom. The Hall–Kier alpha value is -4.38. The fourth-order valence-corrected chi connectivity index (χ4v) is 4.48. The first-order valence-corrected chi connectivity index (χ1v) is 11.1. The van der Waals surface area contributed by atoms with Crippen LogP contribution in [-0.4, -0.2) is 19.0 Å². The number of nitrogens with zero attached hydrogens (tertiary/aromatic N) is 1. The van der Waals surface area contributed by atoms with Crippen LogP contribution in [0.1, 0.15) is 34.1 Å². The average Bonchev–Trinajstić information content (AvgIpc) is 3.16. The van der Waals surface area contributed by atoms with E-state index in [9.17, 15) is 9.59 Å². The van der Waals surface area contributed by atoms with Gasteiger partial charge < -0.3 is 9.57 Å². The third-order valence-electron chi connectivity index (χ3n) is 6.05. The van der Waals surface area contributed by atoms with E-state index in [0.717, 1.165) is 27.3 Å². The maximum absolute atomic E-state index is 13.7. The van der Waals surface area contributed by atoms with Gasteiger partial charge in [0.1, 0.15) is 11.7 Å². The Morgan fingerprint density at radius 1 is 0.735 bits per heavy atom. The van der Waals surface area contributed by atoms with Gasteiger partial charge in [-0.1, -0.05) is 97.1 Å². The van der Waals surface area contributed by atoms with Crippen molar-refractivity contribution in [1.82, 2.24) is 0 Å². The lowest BCUT2D eigenvalue weighted by molar-refractivity contribution is -0.150. The summed E-state index contributed by atoms with van der Waals surface area (Å²) in [5, 5.41) is 1.13. The van der Waals surface area contributed by atoms with Crippen molar-refractivity contribution in [2.45, 2.75) is 11.8 Å². The highest BCUT2D eigenvalue weighted by Crippen LogP contribution is 2.44. The van der Waals surface area contributed by atoms with Gasteiger partial charge in [0.05, 0.1) is 18.7 Å². The Bertz CT molecular complexity index is 1280. The predicted octanol–water partition coefficient (Wildman–Crippen LogP) is 5.46. The highest BCUT2D eigenvalue weighted by atomic mass is 16.7. The van der Waals surface area contributed by atoms with Gasteiger partial charge in [-0.15, -0.1) is 5.06 Å². The van der Waals surface area contributed by atoms with E-state index in [0.29, 0.717) is 11.4 Å². The number of hydroxylamine groups is 1. The van der Waals surface area contributed by atoms with E-state index in [2.05, 4.69) is 0 Å². The highest BCUT2D eigenvalue weighted by Gasteiger charge is 2.43. The number of para-hydroxylation sites is 2. The molecule has 0 bridgehead atoms. The van der Waals surface area contributed by atoms with Crippen LogP contribution in [0.25, 0.3) is 0 Å². The molecule has 1 atom stereocenters. The highest BCUT2D eigenvalue weighted by molar-refractivity contribution is 6.07. The van der Waals surface area contributed by atoms with E-state index in [4.69, 9.17) is 9.57 Å². The van der Waals surface area contributed by atoms with Crippen molar-refractivity contribution >= 4 is 17.6 Å². The molecule has 1 amide bonds. The summed E-state index contributed by atoms with van der Waals surface area (Å²) in [4.78, 5) is 33.1. The van der Waals surface area contributed by atoms with Crippen molar-refractivity contribution in [1.29, 1.82) is 0 Å². The summed E-state index contributed by atoms with van der Waals surface area (Å²) in [6.45, 7) is 0. The van der Waals surface area contributed by atoms with Crippen LogP contribution in [0.3, 0.4) is 0 Å². The molecule has 5 rings (SSSR count). The number of carbonyl (C=O) groups is 2. The summed E-state index contributed by atoms with van der Waals surface area (Å²) >= 11 is 0. The van der Waals surface area contributed by atoms with Gasteiger partial charge in [-0.05, 0) is 28.8 Å². The van der Waals surface area contributed by atoms with E-state index in [1.54, 1.807) is 13.2 Å². The molecule has 34 heavy (non-hydrogen) atoms. The van der Waals surface area contributed by atoms with Crippen LogP contribution < -0.4 is 9.80 Å². The molecule has 5 nitrogen and oxygen atoms in total. The lowest BCUT2D eigenvalue weighted by atomic mass is 9.91. The fourth-order valence-electron chi connectivity index (χ4n) is 4.48. The van der Waals surface area contributed by atoms with Crippen molar-refractivity contribution in [2.24, 2.45) is 0 Å². The second kappa shape index (κ2) is 9.24. The van der Waals surface area contributed by atoms with Gasteiger partial charge in [-0.2, -0.15) is 0 Å². The summed E-state index contributed by atoms with van der Waals surface area (Å²) in [5.74, 6) is -1.56. The Morgan fingerprint density at radius 3 is 1.88 bits per heavy atom. The van der Waals surface area contributed by atoms with Gasteiger partial charge in [0.15, 0.2) is 0 Å². The molecule has 0 unspecified atom stereocenters. The number of rotatable bonds is 6. The third kappa shape index (κ3) is 3.82. The number of anilines is 1. The van der Waals surface area contributed by atoms with Crippen molar-refractivity contribution in [3.8, 4) is 5.75 Å². The summed E-state index contributed by atoms with van der Waals surface area (Å²) in [7, 11) is 1.58. The zero-order chi connectivity index (χ0) is 23.5. The standard InChI is InChI=1S/C29H23NO4/c1-33-25-19-11-9-17-23(25)27-22-16-8-10-18-24(22)30(28(27)31)34-29(32)26(20-12-4-2-5-13-20)21-14-6-3-7-15-21/h2-19,26-27H,1H3/t27-/m1/s1. The van der Waals surface area contributed by atoms with Gasteiger partial charge in [-0.3, -0.25) is 4.79 Å². The topological polar surface area (TPSA) is 55.8 Å². The zero-order valence-corrected chi connectivity index (χ0v) is 18.6. The van der Waals surface area contributed by atoms with Crippen molar-refractivity contribution in [2.75, 3.05) is 12.2 Å². The van der Waals surface area contributed by atoms with Crippen LogP contribution >= 0.6 is 0 Å². The monoisotopic (exact) mass is 449 g/mol. The van der Waals surface area contributed by atoms with E-state index < -0.39 is 17.8 Å². The molecule has 168 valence electrons. The van der Waals surface area contributed by atoms with Crippen molar-refractivity contribution in [3.05, 3.63) is 131 Å². The molecule has 0 saturated carbocycles. The van der Waals surface area contributed by atoms with E-state index >= 15 is 0 Å². The Labute approximate surface area is 198 Å². The number of hydrogen-bond acceptors (Lipinski definition) is 4. The van der Waals surface area contributed by atoms with Crippen LogP contribution in [-0.2, 0) is 14.4 Å².